The summed E-state index contributed by atoms with van der Waals surface area (Å²) in [5, 5.41) is 9.87. The van der Waals surface area contributed by atoms with Gasteiger partial charge in [-0.1, -0.05) is 72.4 Å². The molecule has 0 saturated heterocycles. The smallest absolute Gasteiger partial charge is 0.343 e. The van der Waals surface area contributed by atoms with Crippen molar-refractivity contribution in [1.82, 2.24) is 20.1 Å². The summed E-state index contributed by atoms with van der Waals surface area (Å²) in [4.78, 5) is 24.8. The molecule has 0 spiro atoms. The van der Waals surface area contributed by atoms with E-state index in [0.29, 0.717) is 11.7 Å². The van der Waals surface area contributed by atoms with Gasteiger partial charge in [0.1, 0.15) is 0 Å². The van der Waals surface area contributed by atoms with E-state index < -0.39 is 0 Å². The van der Waals surface area contributed by atoms with E-state index in [1.54, 1.807) is 4.57 Å². The zero-order valence-electron chi connectivity index (χ0n) is 17.4. The van der Waals surface area contributed by atoms with E-state index in [9.17, 15) is 9.59 Å². The number of benzene rings is 2. The number of thioether (sulfide) groups is 1. The third-order valence-corrected chi connectivity index (χ3v) is 6.03. The lowest BCUT2D eigenvalue weighted by molar-refractivity contribution is -0.120. The lowest BCUT2D eigenvalue weighted by Crippen LogP contribution is -2.38. The largest absolute Gasteiger partial charge is 0.353 e. The maximum Gasteiger partial charge on any atom is 0.343 e. The fraction of sp³-hybridized carbons (Fsp3) is 0.348. The van der Waals surface area contributed by atoms with Crippen molar-refractivity contribution in [3.05, 3.63) is 82.3 Å². The third-order valence-electron chi connectivity index (χ3n) is 4.94. The Morgan fingerprint density at radius 1 is 1.03 bits per heavy atom. The highest BCUT2D eigenvalue weighted by atomic mass is 32.2. The van der Waals surface area contributed by atoms with Crippen molar-refractivity contribution in [2.75, 3.05) is 0 Å². The number of nitrogens with one attached hydrogen (secondary N) is 2. The molecule has 6 nitrogen and oxygen atoms in total. The summed E-state index contributed by atoms with van der Waals surface area (Å²) in [6.07, 6.45) is 2.52. The standard InChI is InChI=1S/C23H28N4O2S/c1-17(13-14-19-9-5-3-6-10-19)24-21(28)18(2)30-23-26-25-22(29)27(23)16-15-20-11-7-4-8-12-20/h3-12,17-18H,13-16H2,1-2H3,(H,24,28)(H,25,29)/t17-,18-/m0/s1. The van der Waals surface area contributed by atoms with Crippen LogP contribution in [0.2, 0.25) is 0 Å². The van der Waals surface area contributed by atoms with Crippen molar-refractivity contribution in [2.24, 2.45) is 0 Å². The average molecular weight is 425 g/mol. The minimum Gasteiger partial charge on any atom is -0.353 e. The molecule has 7 heteroatoms. The minimum absolute atomic E-state index is 0.0504. The zero-order valence-corrected chi connectivity index (χ0v) is 18.2. The Balaban J connectivity index is 1.51. The van der Waals surface area contributed by atoms with Gasteiger partial charge in [-0.2, -0.15) is 0 Å². The van der Waals surface area contributed by atoms with E-state index in [-0.39, 0.29) is 22.9 Å². The Bertz CT molecular complexity index is 985. The molecule has 1 heterocycles. The molecule has 0 saturated carbocycles. The van der Waals surface area contributed by atoms with E-state index >= 15 is 0 Å². The summed E-state index contributed by atoms with van der Waals surface area (Å²) >= 11 is 1.30. The molecule has 0 aliphatic rings. The van der Waals surface area contributed by atoms with Crippen molar-refractivity contribution in [3.63, 3.8) is 0 Å². The Hall–Kier alpha value is -2.80. The molecule has 1 amide bonds. The predicted octanol–water partition coefficient (Wildman–Crippen LogP) is 3.43. The molecule has 1 aromatic heterocycles. The van der Waals surface area contributed by atoms with Gasteiger partial charge in [0.25, 0.3) is 0 Å². The fourth-order valence-corrected chi connectivity index (χ4v) is 4.04. The number of nitrogens with zero attached hydrogens (tertiary/aromatic N) is 2. The number of hydrogen-bond acceptors (Lipinski definition) is 4. The van der Waals surface area contributed by atoms with Gasteiger partial charge >= 0.3 is 5.69 Å². The molecule has 0 unspecified atom stereocenters. The van der Waals surface area contributed by atoms with Crippen LogP contribution in [0.4, 0.5) is 0 Å². The van der Waals surface area contributed by atoms with Crippen LogP contribution >= 0.6 is 11.8 Å². The number of aromatic nitrogens is 3. The number of aromatic amines is 1. The van der Waals surface area contributed by atoms with Gasteiger partial charge in [0.2, 0.25) is 5.91 Å². The molecular formula is C23H28N4O2S. The van der Waals surface area contributed by atoms with Crippen molar-refractivity contribution >= 4 is 17.7 Å². The van der Waals surface area contributed by atoms with Gasteiger partial charge in [-0.25, -0.2) is 9.89 Å². The molecule has 3 aromatic rings. The first-order valence-electron chi connectivity index (χ1n) is 10.2. The number of hydrogen-bond donors (Lipinski definition) is 2. The molecule has 0 aliphatic heterocycles. The summed E-state index contributed by atoms with van der Waals surface area (Å²) in [5.41, 5.74) is 2.16. The second-order valence-corrected chi connectivity index (χ2v) is 8.70. The van der Waals surface area contributed by atoms with E-state index in [4.69, 9.17) is 0 Å². The Kier molecular flexibility index (Phi) is 7.90. The van der Waals surface area contributed by atoms with Crippen LogP contribution in [-0.4, -0.2) is 32.0 Å². The van der Waals surface area contributed by atoms with Crippen LogP contribution in [0.3, 0.4) is 0 Å². The van der Waals surface area contributed by atoms with Crippen molar-refractivity contribution in [2.45, 2.75) is 56.1 Å². The SMILES string of the molecule is C[C@H](Sc1n[nH]c(=O)n1CCc1ccccc1)C(=O)N[C@@H](C)CCc1ccccc1. The quantitative estimate of drug-likeness (QED) is 0.489. The van der Waals surface area contributed by atoms with E-state index in [2.05, 4.69) is 27.6 Å². The number of rotatable bonds is 10. The lowest BCUT2D eigenvalue weighted by Gasteiger charge is -2.17. The number of carbonyl (C=O) groups is 1. The number of amides is 1. The van der Waals surface area contributed by atoms with E-state index in [1.807, 2.05) is 62.4 Å². The second kappa shape index (κ2) is 10.8. The molecule has 0 radical (unpaired) electrons. The topological polar surface area (TPSA) is 79.8 Å². The summed E-state index contributed by atoms with van der Waals surface area (Å²) in [5.74, 6) is -0.0504. The number of aryl methyl sites for hydroxylation is 2. The maximum absolute atomic E-state index is 12.6. The van der Waals surface area contributed by atoms with Gasteiger partial charge in [-0.3, -0.25) is 9.36 Å². The van der Waals surface area contributed by atoms with Crippen LogP contribution < -0.4 is 11.0 Å². The molecule has 0 aliphatic carbocycles. The van der Waals surface area contributed by atoms with Crippen LogP contribution in [0.25, 0.3) is 0 Å². The second-order valence-electron chi connectivity index (χ2n) is 7.39. The number of carbonyl (C=O) groups excluding carboxylic acids is 1. The first kappa shape index (κ1) is 21.9. The summed E-state index contributed by atoms with van der Waals surface area (Å²) in [7, 11) is 0. The summed E-state index contributed by atoms with van der Waals surface area (Å²) in [6, 6.07) is 20.3. The van der Waals surface area contributed by atoms with E-state index in [0.717, 1.165) is 24.8 Å². The van der Waals surface area contributed by atoms with Crippen molar-refractivity contribution in [3.8, 4) is 0 Å². The molecule has 158 valence electrons. The fourth-order valence-electron chi connectivity index (χ4n) is 3.15. The molecule has 30 heavy (non-hydrogen) atoms. The van der Waals surface area contributed by atoms with Crippen LogP contribution in [0.15, 0.2) is 70.6 Å². The molecular weight excluding hydrogens is 396 g/mol. The molecule has 2 aromatic carbocycles. The Labute approximate surface area is 181 Å². The predicted molar refractivity (Wildman–Crippen MR) is 121 cm³/mol. The first-order chi connectivity index (χ1) is 14.5. The van der Waals surface area contributed by atoms with Gasteiger partial charge in [-0.05, 0) is 44.2 Å². The molecule has 3 rings (SSSR count). The monoisotopic (exact) mass is 424 g/mol. The highest BCUT2D eigenvalue weighted by Gasteiger charge is 2.20. The Morgan fingerprint density at radius 2 is 1.63 bits per heavy atom. The molecule has 0 bridgehead atoms. The van der Waals surface area contributed by atoms with Gasteiger partial charge < -0.3 is 5.32 Å². The van der Waals surface area contributed by atoms with E-state index in [1.165, 1.54) is 17.3 Å². The third kappa shape index (κ3) is 6.35. The normalized spacial score (nSPS) is 13.0. The average Bonchev–Trinajstić information content (AvgIpc) is 3.11. The van der Waals surface area contributed by atoms with Crippen molar-refractivity contribution in [1.29, 1.82) is 0 Å². The van der Waals surface area contributed by atoms with Gasteiger partial charge in [0.05, 0.1) is 5.25 Å². The van der Waals surface area contributed by atoms with Crippen molar-refractivity contribution < 1.29 is 4.79 Å². The Morgan fingerprint density at radius 3 is 2.27 bits per heavy atom. The van der Waals surface area contributed by atoms with Gasteiger partial charge in [-0.15, -0.1) is 5.10 Å². The molecule has 0 fully saturated rings. The lowest BCUT2D eigenvalue weighted by atomic mass is 10.1. The van der Waals surface area contributed by atoms with Crippen LogP contribution in [0.5, 0.6) is 0 Å². The zero-order chi connectivity index (χ0) is 21.3. The highest BCUT2D eigenvalue weighted by Crippen LogP contribution is 2.20. The van der Waals surface area contributed by atoms with Crippen LogP contribution in [0, 0.1) is 0 Å². The highest BCUT2D eigenvalue weighted by molar-refractivity contribution is 8.00. The van der Waals surface area contributed by atoms with Crippen LogP contribution in [-0.2, 0) is 24.2 Å². The minimum atomic E-state index is -0.352. The molecule has 2 N–H and O–H groups in total. The van der Waals surface area contributed by atoms with Gasteiger partial charge in [0.15, 0.2) is 5.16 Å². The van der Waals surface area contributed by atoms with Gasteiger partial charge in [0, 0.05) is 12.6 Å². The molecule has 2 atom stereocenters. The maximum atomic E-state index is 12.6. The number of H-pyrrole nitrogens is 1. The van der Waals surface area contributed by atoms with Crippen LogP contribution in [0.1, 0.15) is 31.4 Å². The summed E-state index contributed by atoms with van der Waals surface area (Å²) in [6.45, 7) is 4.37. The summed E-state index contributed by atoms with van der Waals surface area (Å²) < 4.78 is 1.60. The first-order valence-corrected chi connectivity index (χ1v) is 11.1.